The monoisotopic (exact) mass is 387 g/mol. The third-order valence-electron chi connectivity index (χ3n) is 4.42. The van der Waals surface area contributed by atoms with Gasteiger partial charge >= 0.3 is 5.97 Å². The molecule has 0 fully saturated rings. The fourth-order valence-corrected chi connectivity index (χ4v) is 2.85. The zero-order valence-electron chi connectivity index (χ0n) is 16.3. The number of ketones is 1. The molecule has 3 aromatic carbocycles. The zero-order chi connectivity index (χ0) is 20.8. The summed E-state index contributed by atoms with van der Waals surface area (Å²) in [5.74, 6) is -1.16. The van der Waals surface area contributed by atoms with E-state index in [-0.39, 0.29) is 23.9 Å². The van der Waals surface area contributed by atoms with Crippen LogP contribution in [0.5, 0.6) is 0 Å². The number of amides is 1. The second-order valence-corrected chi connectivity index (χ2v) is 6.72. The molecule has 0 aliphatic heterocycles. The molecule has 0 radical (unpaired) electrons. The van der Waals surface area contributed by atoms with Crippen molar-refractivity contribution in [1.29, 1.82) is 0 Å². The van der Waals surface area contributed by atoms with Crippen molar-refractivity contribution in [2.45, 2.75) is 13.8 Å². The Labute approximate surface area is 169 Å². The van der Waals surface area contributed by atoms with Crippen LogP contribution in [0.4, 0.5) is 5.69 Å². The Morgan fingerprint density at radius 2 is 1.55 bits per heavy atom. The van der Waals surface area contributed by atoms with Gasteiger partial charge < -0.3 is 10.1 Å². The van der Waals surface area contributed by atoms with E-state index in [0.29, 0.717) is 16.8 Å². The number of carbonyl (C=O) groups is 3. The molecule has 0 unspecified atom stereocenters. The molecule has 0 aromatic heterocycles. The van der Waals surface area contributed by atoms with Gasteiger partial charge in [-0.15, -0.1) is 0 Å². The number of hydrogen-bond donors (Lipinski definition) is 1. The van der Waals surface area contributed by atoms with Crippen molar-refractivity contribution in [2.75, 3.05) is 11.9 Å². The molecule has 0 atom stereocenters. The van der Waals surface area contributed by atoms with Crippen molar-refractivity contribution in [1.82, 2.24) is 0 Å². The molecule has 0 saturated carbocycles. The van der Waals surface area contributed by atoms with Gasteiger partial charge in [0.15, 0.2) is 6.61 Å². The van der Waals surface area contributed by atoms with Crippen LogP contribution in [-0.2, 0) is 4.74 Å². The summed E-state index contributed by atoms with van der Waals surface area (Å²) in [5, 5.41) is 2.74. The number of benzene rings is 3. The van der Waals surface area contributed by atoms with Gasteiger partial charge in [0.2, 0.25) is 5.78 Å². The van der Waals surface area contributed by atoms with E-state index in [0.717, 1.165) is 11.1 Å². The van der Waals surface area contributed by atoms with Crippen LogP contribution in [-0.4, -0.2) is 24.3 Å². The van der Waals surface area contributed by atoms with Gasteiger partial charge in [0.25, 0.3) is 5.91 Å². The summed E-state index contributed by atoms with van der Waals surface area (Å²) in [7, 11) is 0. The predicted octanol–water partition coefficient (Wildman–Crippen LogP) is 4.60. The van der Waals surface area contributed by atoms with Gasteiger partial charge in [0.1, 0.15) is 0 Å². The van der Waals surface area contributed by atoms with Crippen molar-refractivity contribution in [2.24, 2.45) is 0 Å². The molecular formula is C24H21NO4. The predicted molar refractivity (Wildman–Crippen MR) is 111 cm³/mol. The summed E-state index contributed by atoms with van der Waals surface area (Å²) < 4.78 is 5.18. The van der Waals surface area contributed by atoms with E-state index in [1.807, 2.05) is 32.0 Å². The Morgan fingerprint density at radius 3 is 2.31 bits per heavy atom. The third-order valence-corrected chi connectivity index (χ3v) is 4.42. The number of anilines is 1. The lowest BCUT2D eigenvalue weighted by Gasteiger charge is -2.09. The molecule has 0 bridgehead atoms. The van der Waals surface area contributed by atoms with Crippen molar-refractivity contribution >= 4 is 23.3 Å². The van der Waals surface area contributed by atoms with E-state index < -0.39 is 5.97 Å². The van der Waals surface area contributed by atoms with Gasteiger partial charge in [-0.05, 0) is 55.8 Å². The number of nitrogens with one attached hydrogen (secondary N) is 1. The van der Waals surface area contributed by atoms with Crippen LogP contribution in [0.25, 0.3) is 0 Å². The van der Waals surface area contributed by atoms with Gasteiger partial charge in [-0.2, -0.15) is 0 Å². The largest absolute Gasteiger partial charge is 0.454 e. The normalized spacial score (nSPS) is 10.3. The summed E-state index contributed by atoms with van der Waals surface area (Å²) in [4.78, 5) is 37.0. The Kier molecular flexibility index (Phi) is 6.19. The Morgan fingerprint density at radius 1 is 0.828 bits per heavy atom. The van der Waals surface area contributed by atoms with Crippen molar-refractivity contribution in [3.8, 4) is 0 Å². The van der Waals surface area contributed by atoms with Gasteiger partial charge in [0, 0.05) is 16.8 Å². The first kappa shape index (κ1) is 20.0. The smallest absolute Gasteiger partial charge is 0.338 e. The van der Waals surface area contributed by atoms with E-state index in [1.165, 1.54) is 6.07 Å². The number of Topliss-reactive ketones (excluding diaryl/α,β-unsaturated/α-hetero) is 1. The number of aryl methyl sites for hydroxylation is 2. The molecule has 0 aliphatic rings. The van der Waals surface area contributed by atoms with E-state index >= 15 is 0 Å². The summed E-state index contributed by atoms with van der Waals surface area (Å²) in [6, 6.07) is 20.8. The van der Waals surface area contributed by atoms with E-state index in [9.17, 15) is 14.4 Å². The minimum absolute atomic E-state index is 0.254. The highest BCUT2D eigenvalue weighted by molar-refractivity contribution is 6.05. The maximum absolute atomic E-state index is 12.4. The van der Waals surface area contributed by atoms with Crippen molar-refractivity contribution in [3.63, 3.8) is 0 Å². The second-order valence-electron chi connectivity index (χ2n) is 6.72. The molecule has 0 spiro atoms. The first-order valence-corrected chi connectivity index (χ1v) is 9.18. The zero-order valence-corrected chi connectivity index (χ0v) is 16.3. The summed E-state index contributed by atoms with van der Waals surface area (Å²) in [5.41, 5.74) is 3.58. The van der Waals surface area contributed by atoms with Crippen molar-refractivity contribution < 1.29 is 19.1 Å². The standard InChI is InChI=1S/C24H21NO4/c1-16-11-12-17(2)21(13-16)22(26)15-29-24(28)19-9-6-10-20(14-19)25-23(27)18-7-4-3-5-8-18/h3-14H,15H2,1-2H3,(H,25,27). The molecule has 5 heteroatoms. The van der Waals surface area contributed by atoms with Crippen molar-refractivity contribution in [3.05, 3.63) is 101 Å². The minimum atomic E-state index is -0.625. The molecule has 1 N–H and O–H groups in total. The topological polar surface area (TPSA) is 72.5 Å². The molecule has 29 heavy (non-hydrogen) atoms. The van der Waals surface area contributed by atoms with Gasteiger partial charge in [-0.1, -0.05) is 42.0 Å². The molecule has 0 heterocycles. The summed E-state index contributed by atoms with van der Waals surface area (Å²) in [6.45, 7) is 3.40. The summed E-state index contributed by atoms with van der Waals surface area (Å²) in [6.07, 6.45) is 0. The fraction of sp³-hybridized carbons (Fsp3) is 0.125. The van der Waals surface area contributed by atoms with E-state index in [1.54, 1.807) is 48.5 Å². The molecular weight excluding hydrogens is 366 g/mol. The molecule has 1 amide bonds. The molecule has 5 nitrogen and oxygen atoms in total. The number of rotatable bonds is 6. The number of ether oxygens (including phenoxy) is 1. The SMILES string of the molecule is Cc1ccc(C)c(C(=O)COC(=O)c2cccc(NC(=O)c3ccccc3)c2)c1. The van der Waals surface area contributed by atoms with Crippen LogP contribution in [0.3, 0.4) is 0 Å². The van der Waals surface area contributed by atoms with Crippen LogP contribution < -0.4 is 5.32 Å². The molecule has 0 aliphatic carbocycles. The molecule has 3 rings (SSSR count). The Balaban J connectivity index is 1.64. The number of hydrogen-bond acceptors (Lipinski definition) is 4. The Hall–Kier alpha value is -3.73. The summed E-state index contributed by atoms with van der Waals surface area (Å²) >= 11 is 0. The highest BCUT2D eigenvalue weighted by atomic mass is 16.5. The maximum atomic E-state index is 12.4. The van der Waals surface area contributed by atoms with Crippen LogP contribution in [0.15, 0.2) is 72.8 Å². The lowest BCUT2D eigenvalue weighted by atomic mass is 10.0. The highest BCUT2D eigenvalue weighted by Crippen LogP contribution is 2.15. The van der Waals surface area contributed by atoms with Gasteiger partial charge in [-0.3, -0.25) is 9.59 Å². The van der Waals surface area contributed by atoms with Crippen LogP contribution in [0, 0.1) is 13.8 Å². The fourth-order valence-electron chi connectivity index (χ4n) is 2.85. The van der Waals surface area contributed by atoms with Crippen LogP contribution in [0.1, 0.15) is 42.2 Å². The van der Waals surface area contributed by atoms with E-state index in [2.05, 4.69) is 5.32 Å². The molecule has 3 aromatic rings. The van der Waals surface area contributed by atoms with Gasteiger partial charge in [0.05, 0.1) is 5.56 Å². The van der Waals surface area contributed by atoms with E-state index in [4.69, 9.17) is 4.74 Å². The average Bonchev–Trinajstić information content (AvgIpc) is 2.74. The van der Waals surface area contributed by atoms with Gasteiger partial charge in [-0.25, -0.2) is 4.79 Å². The molecule has 146 valence electrons. The minimum Gasteiger partial charge on any atom is -0.454 e. The molecule has 0 saturated heterocycles. The Bertz CT molecular complexity index is 1060. The third kappa shape index (κ3) is 5.17. The number of carbonyl (C=O) groups excluding carboxylic acids is 3. The average molecular weight is 387 g/mol. The lowest BCUT2D eigenvalue weighted by Crippen LogP contribution is -2.16. The second kappa shape index (κ2) is 8.97. The van der Waals surface area contributed by atoms with Crippen LogP contribution >= 0.6 is 0 Å². The lowest BCUT2D eigenvalue weighted by molar-refractivity contribution is 0.0474. The maximum Gasteiger partial charge on any atom is 0.338 e. The first-order chi connectivity index (χ1) is 13.9. The number of esters is 1. The van der Waals surface area contributed by atoms with Crippen LogP contribution in [0.2, 0.25) is 0 Å². The first-order valence-electron chi connectivity index (χ1n) is 9.18. The highest BCUT2D eigenvalue weighted by Gasteiger charge is 2.15. The quantitative estimate of drug-likeness (QED) is 0.496.